The number of thiazole rings is 2. The van der Waals surface area contributed by atoms with E-state index < -0.39 is 5.97 Å². The van der Waals surface area contributed by atoms with Crippen molar-refractivity contribution in [3.05, 3.63) is 145 Å². The number of carboxylic acid groups (broad SMARTS) is 1. The summed E-state index contributed by atoms with van der Waals surface area (Å²) in [6.45, 7) is 4.31. The lowest BCUT2D eigenvalue weighted by atomic mass is 10.3. The van der Waals surface area contributed by atoms with Crippen LogP contribution in [-0.4, -0.2) is 97.8 Å². The molecule has 0 aliphatic heterocycles. The number of carboxylic acids is 1. The number of aromatic nitrogens is 6. The van der Waals surface area contributed by atoms with Crippen LogP contribution in [0.5, 0.6) is 11.5 Å². The number of hydrogen-bond donors (Lipinski definition) is 3. The highest BCUT2D eigenvalue weighted by Gasteiger charge is 2.20. The van der Waals surface area contributed by atoms with Crippen molar-refractivity contribution in [2.45, 2.75) is 62.0 Å². The molecule has 1 amide bonds. The highest BCUT2D eigenvalue weighted by molar-refractivity contribution is 8.02. The molecule has 0 fully saturated rings. The quantitative estimate of drug-likeness (QED) is 0.0447. The second-order valence-corrected chi connectivity index (χ2v) is 23.0. The zero-order chi connectivity index (χ0) is 53.4. The first-order valence-corrected chi connectivity index (χ1v) is 28.9. The molecule has 0 radical (unpaired) electrons. The number of esters is 2. The fraction of sp³-hybridized carbons (Fsp3) is 0.160. The van der Waals surface area contributed by atoms with Crippen molar-refractivity contribution >= 4 is 127 Å². The molecule has 388 valence electrons. The summed E-state index contributed by atoms with van der Waals surface area (Å²) < 4.78 is 21.8. The van der Waals surface area contributed by atoms with Crippen LogP contribution in [0.4, 0.5) is 10.3 Å². The first kappa shape index (κ1) is 57.9. The molecule has 0 bridgehead atoms. The second kappa shape index (κ2) is 30.9. The van der Waals surface area contributed by atoms with Crippen molar-refractivity contribution in [1.82, 2.24) is 29.9 Å². The van der Waals surface area contributed by atoms with Crippen molar-refractivity contribution in [3.63, 3.8) is 0 Å². The molecule has 8 aromatic rings. The van der Waals surface area contributed by atoms with E-state index in [-0.39, 0.29) is 35.0 Å². The Morgan fingerprint density at radius 2 is 1.05 bits per heavy atom. The van der Waals surface area contributed by atoms with Crippen molar-refractivity contribution in [1.29, 1.82) is 0 Å². The summed E-state index contributed by atoms with van der Waals surface area (Å²) in [6, 6.07) is 33.5. The molecule has 25 heteroatoms. The molecular formula is C50H46N8O9S8. The standard InChI is InChI=1S/C25H22N4O4S4.C18H14N2O3S2.C7H10N2O2S2/c1-3-33-21(30)15-34-22-14-27-25(37-22)29-24(31)23-18(35-17-9-7-16(32-2)8-10-17)11-12-20(28-23)36-19-6-4-5-13-26-19;1-23-12-5-7-13(8-6-12)24-14-9-10-16(20-17(14)18(21)22)25-15-4-2-3-11-19-15;1-2-11-5(10)4-12-6-3-9-7(8)13-6/h4-14H,3,15H2,1-2H3,(H,27,29,31);2-11H,1H3,(H,21,22);3H,2,4H2,1H3,(H2,8,9). The number of amides is 1. The predicted molar refractivity (Wildman–Crippen MR) is 298 cm³/mol. The Balaban J connectivity index is 0.000000206. The van der Waals surface area contributed by atoms with Crippen LogP contribution in [0.25, 0.3) is 0 Å². The molecule has 4 N–H and O–H groups in total. The molecule has 0 saturated heterocycles. The van der Waals surface area contributed by atoms with Gasteiger partial charge in [0, 0.05) is 32.0 Å². The summed E-state index contributed by atoms with van der Waals surface area (Å²) in [5.74, 6) is 0.0643. The monoisotopic (exact) mass is 1160 g/mol. The second-order valence-electron chi connectivity index (χ2n) is 14.0. The van der Waals surface area contributed by atoms with E-state index in [2.05, 4.69) is 35.2 Å². The minimum atomic E-state index is -1.06. The van der Waals surface area contributed by atoms with Crippen LogP contribution in [-0.2, 0) is 19.1 Å². The van der Waals surface area contributed by atoms with Crippen LogP contribution in [0.1, 0.15) is 34.8 Å². The molecule has 0 unspecified atom stereocenters. The van der Waals surface area contributed by atoms with Crippen LogP contribution in [0, 0.1) is 0 Å². The topological polar surface area (TPSA) is 241 Å². The SMILES string of the molecule is CCOC(=O)CSc1cnc(N)s1.CCOC(=O)CSc1cnc(NC(=O)c2nc(Sc3ccccn3)ccc2Sc2ccc(OC)cc2)s1.COc1ccc(Sc2ccc(Sc3ccccn3)nc2C(=O)O)cc1. The number of nitrogens with zero attached hydrogens (tertiary/aromatic N) is 6. The van der Waals surface area contributed by atoms with Gasteiger partial charge in [-0.3, -0.25) is 19.7 Å². The molecule has 8 rings (SSSR count). The summed E-state index contributed by atoms with van der Waals surface area (Å²) in [5, 5.41) is 16.1. The van der Waals surface area contributed by atoms with Crippen LogP contribution in [0.2, 0.25) is 0 Å². The van der Waals surface area contributed by atoms with Gasteiger partial charge in [0.1, 0.15) is 37.3 Å². The van der Waals surface area contributed by atoms with E-state index in [0.717, 1.165) is 39.8 Å². The van der Waals surface area contributed by atoms with Crippen molar-refractivity contribution < 1.29 is 43.2 Å². The van der Waals surface area contributed by atoms with E-state index >= 15 is 0 Å². The lowest BCUT2D eigenvalue weighted by Gasteiger charge is -2.10. The van der Waals surface area contributed by atoms with E-state index in [1.54, 1.807) is 65.0 Å². The van der Waals surface area contributed by atoms with Gasteiger partial charge in [0.25, 0.3) is 5.91 Å². The van der Waals surface area contributed by atoms with E-state index in [4.69, 9.17) is 24.7 Å². The van der Waals surface area contributed by atoms with E-state index in [1.807, 2.05) is 97.1 Å². The van der Waals surface area contributed by atoms with Gasteiger partial charge in [-0.2, -0.15) is 0 Å². The van der Waals surface area contributed by atoms with E-state index in [0.29, 0.717) is 49.1 Å². The van der Waals surface area contributed by atoms with Gasteiger partial charge in [0.15, 0.2) is 16.0 Å². The zero-order valence-corrected chi connectivity index (χ0v) is 46.8. The lowest BCUT2D eigenvalue weighted by Crippen LogP contribution is -2.15. The number of nitrogen functional groups attached to an aromatic ring is 1. The van der Waals surface area contributed by atoms with Gasteiger partial charge in [-0.1, -0.05) is 81.9 Å². The maximum absolute atomic E-state index is 13.3. The Labute approximate surface area is 465 Å². The summed E-state index contributed by atoms with van der Waals surface area (Å²) in [5.41, 5.74) is 5.73. The van der Waals surface area contributed by atoms with Gasteiger partial charge < -0.3 is 29.8 Å². The molecule has 6 aromatic heterocycles. The molecule has 0 spiro atoms. The van der Waals surface area contributed by atoms with E-state index in [9.17, 15) is 24.3 Å². The fourth-order valence-corrected chi connectivity index (χ4v) is 12.1. The van der Waals surface area contributed by atoms with Gasteiger partial charge in [0.05, 0.1) is 59.8 Å². The average molecular weight is 1160 g/mol. The number of thioether (sulfide) groups is 2. The smallest absolute Gasteiger partial charge is 0.355 e. The number of hydrogen-bond acceptors (Lipinski definition) is 23. The Hall–Kier alpha value is -6.32. The molecule has 2 aromatic carbocycles. The molecule has 0 aliphatic rings. The normalized spacial score (nSPS) is 10.5. The first-order chi connectivity index (χ1) is 36.4. The summed E-state index contributed by atoms with van der Waals surface area (Å²) in [4.78, 5) is 76.2. The Kier molecular flexibility index (Phi) is 23.9. The number of pyridine rings is 4. The van der Waals surface area contributed by atoms with Crippen molar-refractivity contribution in [3.8, 4) is 11.5 Å². The number of rotatable bonds is 21. The lowest BCUT2D eigenvalue weighted by molar-refractivity contribution is -0.140. The minimum absolute atomic E-state index is 0.0294. The first-order valence-electron chi connectivity index (χ1n) is 22.0. The number of methoxy groups -OCH3 is 2. The van der Waals surface area contributed by atoms with Gasteiger partial charge >= 0.3 is 17.9 Å². The summed E-state index contributed by atoms with van der Waals surface area (Å²) >= 11 is 10.8. The number of carbonyl (C=O) groups excluding carboxylic acids is 3. The summed E-state index contributed by atoms with van der Waals surface area (Å²) in [6.07, 6.45) is 6.68. The highest BCUT2D eigenvalue weighted by Crippen LogP contribution is 2.36. The number of nitrogens with one attached hydrogen (secondary N) is 1. The number of benzene rings is 2. The number of anilines is 2. The van der Waals surface area contributed by atoms with Gasteiger partial charge in [-0.15, -0.1) is 23.5 Å². The number of ether oxygens (including phenoxy) is 4. The molecule has 0 atom stereocenters. The highest BCUT2D eigenvalue weighted by atomic mass is 32.2. The number of nitrogens with two attached hydrogens (primary N) is 1. The molecule has 0 aliphatic carbocycles. The van der Waals surface area contributed by atoms with Gasteiger partial charge in [0.2, 0.25) is 0 Å². The van der Waals surface area contributed by atoms with Crippen LogP contribution in [0.15, 0.2) is 182 Å². The molecule has 0 saturated carbocycles. The van der Waals surface area contributed by atoms with Crippen LogP contribution >= 0.6 is 93.2 Å². The van der Waals surface area contributed by atoms with Crippen LogP contribution < -0.4 is 20.5 Å². The van der Waals surface area contributed by atoms with Crippen molar-refractivity contribution in [2.24, 2.45) is 0 Å². The Morgan fingerprint density at radius 3 is 1.49 bits per heavy atom. The molecule has 6 heterocycles. The van der Waals surface area contributed by atoms with Crippen molar-refractivity contribution in [2.75, 3.05) is 50.0 Å². The summed E-state index contributed by atoms with van der Waals surface area (Å²) in [7, 11) is 3.22. The van der Waals surface area contributed by atoms with Gasteiger partial charge in [-0.05, 0) is 111 Å². The maximum atomic E-state index is 13.3. The largest absolute Gasteiger partial charge is 0.497 e. The number of aromatic carboxylic acids is 1. The van der Waals surface area contributed by atoms with E-state index in [1.165, 1.54) is 93.2 Å². The number of carbonyl (C=O) groups is 4. The molecule has 75 heavy (non-hydrogen) atoms. The average Bonchev–Trinajstić information content (AvgIpc) is 4.07. The minimum Gasteiger partial charge on any atom is -0.497 e. The Morgan fingerprint density at radius 1 is 0.573 bits per heavy atom. The van der Waals surface area contributed by atoms with Gasteiger partial charge in [-0.25, -0.2) is 34.7 Å². The third-order valence-corrected chi connectivity index (χ3v) is 16.8. The predicted octanol–water partition coefficient (Wildman–Crippen LogP) is 12.0. The Bertz CT molecular complexity index is 3100. The van der Waals surface area contributed by atoms with Crippen LogP contribution in [0.3, 0.4) is 0 Å². The zero-order valence-electron chi connectivity index (χ0n) is 40.3. The third kappa shape index (κ3) is 19.7. The maximum Gasteiger partial charge on any atom is 0.355 e. The molecule has 17 nitrogen and oxygen atoms in total. The fourth-order valence-electron chi connectivity index (χ4n) is 5.57. The third-order valence-electron chi connectivity index (χ3n) is 8.83. The molecular weight excluding hydrogens is 1110 g/mol.